The lowest BCUT2D eigenvalue weighted by molar-refractivity contribution is -0.00600. The maximum atomic E-state index is 12.6. The van der Waals surface area contributed by atoms with Crippen molar-refractivity contribution in [3.05, 3.63) is 35.7 Å². The molecule has 25 heavy (non-hydrogen) atoms. The topological polar surface area (TPSA) is 111 Å². The number of carbonyl (C=O) groups excluding carboxylic acids is 1. The second kappa shape index (κ2) is 6.65. The number of nitriles is 1. The molecule has 2 atom stereocenters. The molecule has 2 aliphatic rings. The molecule has 0 saturated carbocycles. The summed E-state index contributed by atoms with van der Waals surface area (Å²) in [6.45, 7) is 4.15. The van der Waals surface area contributed by atoms with Crippen molar-refractivity contribution in [2.45, 2.75) is 45.2 Å². The van der Waals surface area contributed by atoms with E-state index in [1.54, 1.807) is 6.07 Å². The number of carbonyl (C=O) groups is 1. The zero-order valence-electron chi connectivity index (χ0n) is 14.6. The van der Waals surface area contributed by atoms with Crippen LogP contribution in [0.25, 0.3) is 0 Å². The Labute approximate surface area is 147 Å². The highest BCUT2D eigenvalue weighted by molar-refractivity contribution is 5.91. The van der Waals surface area contributed by atoms with E-state index in [-0.39, 0.29) is 11.7 Å². The molecule has 2 amide bonds. The van der Waals surface area contributed by atoms with E-state index in [9.17, 15) is 4.79 Å². The number of fused-ring (bicyclic) bond motifs is 2. The summed E-state index contributed by atoms with van der Waals surface area (Å²) >= 11 is 0. The van der Waals surface area contributed by atoms with Crippen molar-refractivity contribution in [2.24, 2.45) is 17.5 Å². The maximum Gasteiger partial charge on any atom is 0.322 e. The molecule has 1 aromatic rings. The minimum absolute atomic E-state index is 0.0128. The molecule has 0 radical (unpaired) electrons. The van der Waals surface area contributed by atoms with Gasteiger partial charge in [0.2, 0.25) is 0 Å². The van der Waals surface area contributed by atoms with Crippen LogP contribution in [0.3, 0.4) is 0 Å². The molecule has 3 rings (SSSR count). The Morgan fingerprint density at radius 3 is 2.72 bits per heavy atom. The van der Waals surface area contributed by atoms with Gasteiger partial charge in [0.1, 0.15) is 11.8 Å². The Kier molecular flexibility index (Phi) is 4.55. The third-order valence-electron chi connectivity index (χ3n) is 5.06. The normalized spacial score (nSPS) is 25.0. The quantitative estimate of drug-likeness (QED) is 0.444. The number of anilines is 2. The van der Waals surface area contributed by atoms with Gasteiger partial charge in [-0.1, -0.05) is 13.0 Å². The molecular formula is C18H24N6O. The van der Waals surface area contributed by atoms with Crippen LogP contribution in [0.5, 0.6) is 0 Å². The summed E-state index contributed by atoms with van der Waals surface area (Å²) in [5.41, 5.74) is 7.78. The van der Waals surface area contributed by atoms with Gasteiger partial charge in [-0.05, 0) is 49.8 Å². The number of amides is 2. The Bertz CT molecular complexity index is 740. The van der Waals surface area contributed by atoms with E-state index < -0.39 is 0 Å². The highest BCUT2D eigenvalue weighted by Crippen LogP contribution is 2.41. The van der Waals surface area contributed by atoms with E-state index in [1.807, 2.05) is 30.0 Å². The predicted molar refractivity (Wildman–Crippen MR) is 97.2 cm³/mol. The molecule has 7 nitrogen and oxygen atoms in total. The standard InChI is InChI=1S/C18H24N6O/c1-11-5-15-8-16(6-11)24(15)18(25)22-14-4-3-12(2)17(7-14)23(21)10-13(20)9-19/h3-4,7,10-11,15-16H,5-6,8,20-21H2,1-2H3,(H,22,25)/b13-10-. The number of nitrogens with one attached hydrogen (secondary N) is 1. The summed E-state index contributed by atoms with van der Waals surface area (Å²) in [6, 6.07) is 8.01. The zero-order chi connectivity index (χ0) is 18.1. The van der Waals surface area contributed by atoms with E-state index in [4.69, 9.17) is 16.8 Å². The average Bonchev–Trinajstić information content (AvgIpc) is 2.55. The lowest BCUT2D eigenvalue weighted by atomic mass is 9.74. The van der Waals surface area contributed by atoms with Crippen molar-refractivity contribution < 1.29 is 4.79 Å². The van der Waals surface area contributed by atoms with Crippen molar-refractivity contribution in [1.29, 1.82) is 5.26 Å². The van der Waals surface area contributed by atoms with Crippen LogP contribution in [0.4, 0.5) is 16.2 Å². The number of hydrogen-bond donors (Lipinski definition) is 3. The Hall–Kier alpha value is -2.72. The highest BCUT2D eigenvalue weighted by atomic mass is 16.2. The predicted octanol–water partition coefficient (Wildman–Crippen LogP) is 2.40. The van der Waals surface area contributed by atoms with Crippen LogP contribution in [-0.4, -0.2) is 23.0 Å². The van der Waals surface area contributed by atoms with Gasteiger partial charge in [0.15, 0.2) is 0 Å². The monoisotopic (exact) mass is 340 g/mol. The summed E-state index contributed by atoms with van der Waals surface area (Å²) in [7, 11) is 0. The summed E-state index contributed by atoms with van der Waals surface area (Å²) in [6.07, 6.45) is 4.64. The van der Waals surface area contributed by atoms with Gasteiger partial charge >= 0.3 is 6.03 Å². The third-order valence-corrected chi connectivity index (χ3v) is 5.06. The molecule has 132 valence electrons. The lowest BCUT2D eigenvalue weighted by Gasteiger charge is -2.54. The molecule has 7 heteroatoms. The third kappa shape index (κ3) is 3.39. The van der Waals surface area contributed by atoms with Crippen LogP contribution >= 0.6 is 0 Å². The molecule has 2 unspecified atom stereocenters. The molecule has 2 heterocycles. The molecule has 2 aliphatic heterocycles. The largest absolute Gasteiger partial charge is 0.389 e. The van der Waals surface area contributed by atoms with Crippen molar-refractivity contribution in [1.82, 2.24) is 4.90 Å². The lowest BCUT2D eigenvalue weighted by Crippen LogP contribution is -2.63. The van der Waals surface area contributed by atoms with Crippen LogP contribution < -0.4 is 21.9 Å². The van der Waals surface area contributed by atoms with Crippen LogP contribution in [0.2, 0.25) is 0 Å². The molecule has 2 fully saturated rings. The van der Waals surface area contributed by atoms with Gasteiger partial charge < -0.3 is 16.0 Å². The maximum absolute atomic E-state index is 12.6. The number of hydrazine groups is 1. The fourth-order valence-corrected chi connectivity index (χ4v) is 3.88. The van der Waals surface area contributed by atoms with Crippen molar-refractivity contribution in [3.63, 3.8) is 0 Å². The van der Waals surface area contributed by atoms with Crippen LogP contribution in [0, 0.1) is 24.2 Å². The Balaban J connectivity index is 1.73. The number of allylic oxidation sites excluding steroid dienone is 1. The summed E-state index contributed by atoms with van der Waals surface area (Å²) in [4.78, 5) is 14.6. The van der Waals surface area contributed by atoms with Gasteiger partial charge in [0.05, 0.1) is 11.9 Å². The second-order valence-corrected chi connectivity index (χ2v) is 7.06. The highest BCUT2D eigenvalue weighted by Gasteiger charge is 2.46. The minimum atomic E-state index is -0.0568. The first kappa shape index (κ1) is 17.1. The number of piperidine rings is 1. The number of rotatable bonds is 3. The summed E-state index contributed by atoms with van der Waals surface area (Å²) in [5, 5.41) is 13.0. The smallest absolute Gasteiger partial charge is 0.322 e. The van der Waals surface area contributed by atoms with Gasteiger partial charge in [-0.3, -0.25) is 5.01 Å². The van der Waals surface area contributed by atoms with E-state index in [0.29, 0.717) is 29.4 Å². The zero-order valence-corrected chi connectivity index (χ0v) is 14.6. The molecule has 0 spiro atoms. The molecule has 0 aromatic heterocycles. The average molecular weight is 340 g/mol. The van der Waals surface area contributed by atoms with Gasteiger partial charge in [-0.2, -0.15) is 5.26 Å². The van der Waals surface area contributed by atoms with E-state index in [1.165, 1.54) is 11.2 Å². The van der Waals surface area contributed by atoms with Crippen molar-refractivity contribution in [2.75, 3.05) is 10.3 Å². The van der Waals surface area contributed by atoms with E-state index in [0.717, 1.165) is 24.8 Å². The summed E-state index contributed by atoms with van der Waals surface area (Å²) in [5.74, 6) is 6.66. The second-order valence-electron chi connectivity index (χ2n) is 7.06. The molecule has 0 aliphatic carbocycles. The van der Waals surface area contributed by atoms with Crippen LogP contribution in [0.1, 0.15) is 31.7 Å². The van der Waals surface area contributed by atoms with E-state index in [2.05, 4.69) is 12.2 Å². The van der Waals surface area contributed by atoms with E-state index >= 15 is 0 Å². The summed E-state index contributed by atoms with van der Waals surface area (Å²) < 4.78 is 0. The Morgan fingerprint density at radius 1 is 1.40 bits per heavy atom. The fourth-order valence-electron chi connectivity index (χ4n) is 3.88. The number of benzene rings is 1. The minimum Gasteiger partial charge on any atom is -0.389 e. The van der Waals surface area contributed by atoms with Gasteiger partial charge in [-0.15, -0.1) is 0 Å². The van der Waals surface area contributed by atoms with Crippen molar-refractivity contribution in [3.8, 4) is 6.07 Å². The molecule has 1 aromatic carbocycles. The first-order chi connectivity index (χ1) is 11.9. The molecule has 5 N–H and O–H groups in total. The number of aryl methyl sites for hydroxylation is 1. The SMILES string of the molecule is Cc1ccc(NC(=O)N2C3CC(C)CC2C3)cc1N(N)/C=C(\N)C#N. The number of nitrogens with two attached hydrogens (primary N) is 2. The first-order valence-electron chi connectivity index (χ1n) is 8.50. The number of hydrogen-bond acceptors (Lipinski definition) is 5. The van der Waals surface area contributed by atoms with Crippen LogP contribution in [-0.2, 0) is 0 Å². The number of urea groups is 1. The van der Waals surface area contributed by atoms with Crippen LogP contribution in [0.15, 0.2) is 30.1 Å². The van der Waals surface area contributed by atoms with Crippen molar-refractivity contribution >= 4 is 17.4 Å². The Morgan fingerprint density at radius 2 is 2.08 bits per heavy atom. The number of nitrogens with zero attached hydrogens (tertiary/aromatic N) is 3. The molecule has 2 bridgehead atoms. The first-order valence-corrected chi connectivity index (χ1v) is 8.50. The van der Waals surface area contributed by atoms with Gasteiger partial charge in [-0.25, -0.2) is 10.6 Å². The fraction of sp³-hybridized carbons (Fsp3) is 0.444. The molecule has 2 saturated heterocycles. The molecular weight excluding hydrogens is 316 g/mol. The van der Waals surface area contributed by atoms with Gasteiger partial charge in [0, 0.05) is 17.8 Å². The van der Waals surface area contributed by atoms with Gasteiger partial charge in [0.25, 0.3) is 0 Å².